The topological polar surface area (TPSA) is 57.7 Å². The summed E-state index contributed by atoms with van der Waals surface area (Å²) in [5.41, 5.74) is 2.07. The molecule has 0 aromatic heterocycles. The van der Waals surface area contributed by atoms with E-state index in [1.165, 1.54) is 17.7 Å². The molecule has 3 rings (SSSR count). The van der Waals surface area contributed by atoms with Gasteiger partial charge in [0.1, 0.15) is 5.82 Å². The molecule has 7 heteroatoms. The van der Waals surface area contributed by atoms with Crippen LogP contribution in [0.3, 0.4) is 0 Å². The van der Waals surface area contributed by atoms with Crippen molar-refractivity contribution < 1.29 is 9.13 Å². The number of nitrogens with zero attached hydrogens (tertiary/aromatic N) is 1. The molecule has 0 aliphatic carbocycles. The average Bonchev–Trinajstić information content (AvgIpc) is 2.75. The molecule has 3 N–H and O–H groups in total. The Morgan fingerprint density at radius 1 is 1.10 bits per heavy atom. The Labute approximate surface area is 195 Å². The van der Waals surface area contributed by atoms with Crippen molar-refractivity contribution in [3.63, 3.8) is 0 Å². The van der Waals surface area contributed by atoms with Gasteiger partial charge in [0.05, 0.1) is 0 Å². The number of nitrogens with one attached hydrogen (secondary N) is 3. The van der Waals surface area contributed by atoms with Crippen LogP contribution in [-0.2, 0) is 11.3 Å². The molecule has 0 radical (unpaired) electrons. The maximum absolute atomic E-state index is 13.4. The first-order valence-corrected chi connectivity index (χ1v) is 10.2. The molecule has 2 aromatic carbocycles. The molecule has 0 amide bonds. The van der Waals surface area contributed by atoms with E-state index in [0.717, 1.165) is 38.2 Å². The fourth-order valence-corrected chi connectivity index (χ4v) is 3.72. The molecule has 0 bridgehead atoms. The summed E-state index contributed by atoms with van der Waals surface area (Å²) < 4.78 is 19.0. The van der Waals surface area contributed by atoms with Gasteiger partial charge >= 0.3 is 0 Å². The van der Waals surface area contributed by atoms with Crippen molar-refractivity contribution in [2.24, 2.45) is 4.99 Å². The highest BCUT2D eigenvalue weighted by molar-refractivity contribution is 14.0. The zero-order chi connectivity index (χ0) is 20.5. The van der Waals surface area contributed by atoms with Crippen molar-refractivity contribution in [3.05, 3.63) is 71.5 Å². The second-order valence-corrected chi connectivity index (χ2v) is 7.58. The van der Waals surface area contributed by atoms with E-state index in [4.69, 9.17) is 4.74 Å². The molecule has 30 heavy (non-hydrogen) atoms. The lowest BCUT2D eigenvalue weighted by Gasteiger charge is -2.41. The van der Waals surface area contributed by atoms with Gasteiger partial charge < -0.3 is 20.7 Å². The Morgan fingerprint density at radius 3 is 2.50 bits per heavy atom. The quantitative estimate of drug-likeness (QED) is 0.290. The summed E-state index contributed by atoms with van der Waals surface area (Å²) in [5.74, 6) is 0.474. The molecular weight excluding hydrogens is 494 g/mol. The van der Waals surface area contributed by atoms with E-state index in [0.29, 0.717) is 12.5 Å². The summed E-state index contributed by atoms with van der Waals surface area (Å²) in [6.45, 7) is 4.93. The number of aliphatic imine (C=N–C) groups is 1. The van der Waals surface area contributed by atoms with Gasteiger partial charge in [0.2, 0.25) is 0 Å². The second kappa shape index (κ2) is 12.2. The lowest BCUT2D eigenvalue weighted by Crippen LogP contribution is -2.58. The summed E-state index contributed by atoms with van der Waals surface area (Å²) in [4.78, 5) is 4.32. The van der Waals surface area contributed by atoms with E-state index in [9.17, 15) is 4.39 Å². The predicted octanol–water partition coefficient (Wildman–Crippen LogP) is 4.01. The van der Waals surface area contributed by atoms with Gasteiger partial charge in [0.15, 0.2) is 5.96 Å². The fraction of sp³-hybridized carbons (Fsp3) is 0.435. The molecule has 1 saturated heterocycles. The third-order valence-electron chi connectivity index (χ3n) is 5.44. The number of halogens is 2. The largest absolute Gasteiger partial charge is 0.381 e. The first-order chi connectivity index (χ1) is 14.1. The van der Waals surface area contributed by atoms with E-state index in [-0.39, 0.29) is 41.4 Å². The summed E-state index contributed by atoms with van der Waals surface area (Å²) in [6, 6.07) is 17.3. The van der Waals surface area contributed by atoms with E-state index < -0.39 is 0 Å². The van der Waals surface area contributed by atoms with Crippen molar-refractivity contribution in [2.75, 3.05) is 26.8 Å². The normalized spacial score (nSPS) is 17.0. The van der Waals surface area contributed by atoms with Crippen LogP contribution in [0.25, 0.3) is 0 Å². The molecule has 2 aromatic rings. The van der Waals surface area contributed by atoms with Gasteiger partial charge in [-0.3, -0.25) is 4.99 Å². The number of guanidine groups is 1. The minimum absolute atomic E-state index is 0. The number of hydrogen-bond acceptors (Lipinski definition) is 3. The van der Waals surface area contributed by atoms with E-state index >= 15 is 0 Å². The molecule has 1 aliphatic heterocycles. The first kappa shape index (κ1) is 24.6. The molecule has 1 fully saturated rings. The van der Waals surface area contributed by atoms with E-state index in [1.54, 1.807) is 13.1 Å². The minimum Gasteiger partial charge on any atom is -0.381 e. The lowest BCUT2D eigenvalue weighted by molar-refractivity contribution is 0.0355. The van der Waals surface area contributed by atoms with E-state index in [1.807, 2.05) is 12.1 Å². The second-order valence-electron chi connectivity index (χ2n) is 7.58. The van der Waals surface area contributed by atoms with Gasteiger partial charge in [-0.25, -0.2) is 4.39 Å². The smallest absolute Gasteiger partial charge is 0.191 e. The van der Waals surface area contributed by atoms with Crippen molar-refractivity contribution in [1.82, 2.24) is 16.0 Å². The van der Waals surface area contributed by atoms with Crippen LogP contribution in [-0.4, -0.2) is 38.3 Å². The van der Waals surface area contributed by atoms with Crippen LogP contribution in [0.2, 0.25) is 0 Å². The minimum atomic E-state index is -0.229. The van der Waals surface area contributed by atoms with Crippen LogP contribution >= 0.6 is 24.0 Å². The van der Waals surface area contributed by atoms with Crippen LogP contribution in [0.15, 0.2) is 59.6 Å². The first-order valence-electron chi connectivity index (χ1n) is 10.2. The Balaban J connectivity index is 0.00000320. The molecule has 0 saturated carbocycles. The van der Waals surface area contributed by atoms with Gasteiger partial charge in [-0.1, -0.05) is 42.5 Å². The average molecular weight is 526 g/mol. The number of rotatable bonds is 7. The Kier molecular flexibility index (Phi) is 10.0. The highest BCUT2D eigenvalue weighted by atomic mass is 127. The molecule has 0 spiro atoms. The Morgan fingerprint density at radius 2 is 1.83 bits per heavy atom. The Hall–Kier alpha value is -1.71. The third-order valence-corrected chi connectivity index (χ3v) is 5.44. The summed E-state index contributed by atoms with van der Waals surface area (Å²) in [5, 5.41) is 10.6. The predicted molar refractivity (Wildman–Crippen MR) is 131 cm³/mol. The maximum Gasteiger partial charge on any atom is 0.191 e. The van der Waals surface area contributed by atoms with Crippen molar-refractivity contribution in [2.45, 2.75) is 37.9 Å². The third kappa shape index (κ3) is 7.21. The molecule has 1 unspecified atom stereocenters. The highest BCUT2D eigenvalue weighted by Crippen LogP contribution is 2.25. The zero-order valence-corrected chi connectivity index (χ0v) is 20.0. The molecule has 1 aliphatic rings. The van der Waals surface area contributed by atoms with Crippen LogP contribution in [0, 0.1) is 5.82 Å². The van der Waals surface area contributed by atoms with Crippen LogP contribution in [0.4, 0.5) is 4.39 Å². The highest BCUT2D eigenvalue weighted by Gasteiger charge is 2.34. The van der Waals surface area contributed by atoms with Gasteiger partial charge in [0.25, 0.3) is 0 Å². The molecular formula is C23H32FIN4O. The monoisotopic (exact) mass is 526 g/mol. The van der Waals surface area contributed by atoms with Gasteiger partial charge in [0, 0.05) is 44.9 Å². The lowest BCUT2D eigenvalue weighted by atomic mass is 9.88. The number of benzene rings is 2. The molecule has 1 heterocycles. The van der Waals surface area contributed by atoms with Gasteiger partial charge in [-0.2, -0.15) is 0 Å². The molecule has 5 nitrogen and oxygen atoms in total. The fourth-order valence-electron chi connectivity index (χ4n) is 3.72. The van der Waals surface area contributed by atoms with Crippen LogP contribution < -0.4 is 16.0 Å². The molecule has 164 valence electrons. The zero-order valence-electron chi connectivity index (χ0n) is 17.7. The SMILES string of the molecule is CN=C(NCc1cccc(F)c1)NCC1(NC(C)c2ccccc2)CCOCC1.I. The van der Waals surface area contributed by atoms with Crippen LogP contribution in [0.1, 0.15) is 36.9 Å². The van der Waals surface area contributed by atoms with E-state index in [2.05, 4.69) is 52.1 Å². The summed E-state index contributed by atoms with van der Waals surface area (Å²) >= 11 is 0. The number of hydrogen-bond donors (Lipinski definition) is 3. The van der Waals surface area contributed by atoms with Gasteiger partial charge in [-0.15, -0.1) is 24.0 Å². The summed E-state index contributed by atoms with van der Waals surface area (Å²) in [7, 11) is 1.75. The van der Waals surface area contributed by atoms with Crippen LogP contribution in [0.5, 0.6) is 0 Å². The van der Waals surface area contributed by atoms with Gasteiger partial charge in [-0.05, 0) is 43.0 Å². The standard InChI is InChI=1S/C23H31FN4O.HI/c1-18(20-8-4-3-5-9-20)28-23(11-13-29-14-12-23)17-27-22(25-2)26-16-19-7-6-10-21(24)15-19;/h3-10,15,18,28H,11-14,16-17H2,1-2H3,(H2,25,26,27);1H. The van der Waals surface area contributed by atoms with Crippen molar-refractivity contribution in [1.29, 1.82) is 0 Å². The molecule has 1 atom stereocenters. The number of ether oxygens (including phenoxy) is 1. The Bertz CT molecular complexity index is 797. The van der Waals surface area contributed by atoms with Crippen molar-refractivity contribution >= 4 is 29.9 Å². The maximum atomic E-state index is 13.4. The summed E-state index contributed by atoms with van der Waals surface area (Å²) in [6.07, 6.45) is 1.86. The van der Waals surface area contributed by atoms with Crippen molar-refractivity contribution in [3.8, 4) is 0 Å².